The van der Waals surface area contributed by atoms with E-state index < -0.39 is 17.2 Å². The molecule has 1 N–H and O–H groups in total. The number of carboxylic acid groups (broad SMARTS) is 1. The smallest absolute Gasteiger partial charge is 0.351 e. The molecule has 0 unspecified atom stereocenters. The number of hydrogen-bond acceptors (Lipinski definition) is 6. The maximum absolute atomic E-state index is 12.8. The lowest BCUT2D eigenvalue weighted by Gasteiger charge is -2.39. The second kappa shape index (κ2) is 7.21. The highest BCUT2D eigenvalue weighted by atomic mass is 32.1. The second-order valence-corrected chi connectivity index (χ2v) is 7.90. The van der Waals surface area contributed by atoms with Gasteiger partial charge >= 0.3 is 11.6 Å². The average molecular weight is 398 g/mol. The van der Waals surface area contributed by atoms with Crippen molar-refractivity contribution < 1.29 is 19.1 Å². The molecule has 0 spiro atoms. The molecular weight excluding hydrogens is 380 g/mol. The monoisotopic (exact) mass is 398 g/mol. The molecule has 0 bridgehead atoms. The number of benzene rings is 1. The van der Waals surface area contributed by atoms with Crippen molar-refractivity contribution in [2.45, 2.75) is 6.54 Å². The summed E-state index contributed by atoms with van der Waals surface area (Å²) >= 11 is 1.22. The van der Waals surface area contributed by atoms with Crippen LogP contribution in [0.1, 0.15) is 15.9 Å². The van der Waals surface area contributed by atoms with Crippen LogP contribution in [0.25, 0.3) is 10.3 Å². The van der Waals surface area contributed by atoms with Gasteiger partial charge in [0.25, 0.3) is 0 Å². The fourth-order valence-corrected chi connectivity index (χ4v) is 4.29. The van der Waals surface area contributed by atoms with Crippen molar-refractivity contribution in [3.63, 3.8) is 0 Å². The quantitative estimate of drug-likeness (QED) is 0.711. The van der Waals surface area contributed by atoms with E-state index in [0.29, 0.717) is 22.8 Å². The van der Waals surface area contributed by atoms with Crippen molar-refractivity contribution in [1.29, 1.82) is 0 Å². The molecule has 0 atom stereocenters. The van der Waals surface area contributed by atoms with Crippen LogP contribution >= 0.6 is 11.3 Å². The Morgan fingerprint density at radius 2 is 1.96 bits per heavy atom. The molecule has 0 radical (unpaired) electrons. The molecule has 1 aromatic carbocycles. The van der Waals surface area contributed by atoms with Gasteiger partial charge in [0, 0.05) is 32.7 Å². The number of aromatic carboxylic acids is 1. The summed E-state index contributed by atoms with van der Waals surface area (Å²) < 4.78 is 5.60. The molecule has 3 aromatic rings. The summed E-state index contributed by atoms with van der Waals surface area (Å²) in [7, 11) is 1.68. The van der Waals surface area contributed by atoms with Crippen molar-refractivity contribution in [3.05, 3.63) is 64.0 Å². The molecule has 0 aliphatic carbocycles. The molecule has 8 heteroatoms. The van der Waals surface area contributed by atoms with Gasteiger partial charge in [-0.2, -0.15) is 0 Å². The first-order valence-corrected chi connectivity index (χ1v) is 9.59. The summed E-state index contributed by atoms with van der Waals surface area (Å²) in [6.07, 6.45) is 0. The number of thiophene rings is 1. The van der Waals surface area contributed by atoms with E-state index in [0.717, 1.165) is 6.54 Å². The Morgan fingerprint density at radius 1 is 1.25 bits per heavy atom. The van der Waals surface area contributed by atoms with E-state index in [1.54, 1.807) is 18.0 Å². The van der Waals surface area contributed by atoms with Gasteiger partial charge in [-0.3, -0.25) is 9.69 Å². The molecule has 1 aliphatic heterocycles. The number of fused-ring (bicyclic) bond motifs is 1. The topological polar surface area (TPSA) is 91.1 Å². The third-order valence-corrected chi connectivity index (χ3v) is 6.00. The van der Waals surface area contributed by atoms with Crippen LogP contribution < -0.4 is 10.5 Å². The number of anilines is 1. The lowest BCUT2D eigenvalue weighted by Crippen LogP contribution is -2.53. The maximum Gasteiger partial charge on any atom is 0.351 e. The zero-order valence-corrected chi connectivity index (χ0v) is 15.9. The summed E-state index contributed by atoms with van der Waals surface area (Å²) in [6, 6.07) is 13.0. The van der Waals surface area contributed by atoms with Crippen LogP contribution in [0.15, 0.2) is 51.7 Å². The first-order chi connectivity index (χ1) is 13.4. The fourth-order valence-electron chi connectivity index (χ4n) is 3.29. The van der Waals surface area contributed by atoms with Crippen molar-refractivity contribution in [1.82, 2.24) is 4.90 Å². The van der Waals surface area contributed by atoms with Crippen LogP contribution in [0.5, 0.6) is 0 Å². The Kier molecular flexibility index (Phi) is 4.74. The van der Waals surface area contributed by atoms with E-state index in [2.05, 4.69) is 17.0 Å². The number of nitrogens with zero attached hydrogens (tertiary/aromatic N) is 2. The molecule has 1 saturated heterocycles. The Bertz CT molecular complexity index is 1100. The number of carboxylic acids is 1. The maximum atomic E-state index is 12.8. The van der Waals surface area contributed by atoms with Crippen LogP contribution in [-0.4, -0.2) is 42.0 Å². The van der Waals surface area contributed by atoms with E-state index in [-0.39, 0.29) is 17.4 Å². The first-order valence-electron chi connectivity index (χ1n) is 8.77. The largest absolute Gasteiger partial charge is 0.477 e. The summed E-state index contributed by atoms with van der Waals surface area (Å²) in [6.45, 7) is 2.21. The van der Waals surface area contributed by atoms with Gasteiger partial charge in [0.1, 0.15) is 10.6 Å². The lowest BCUT2D eigenvalue weighted by molar-refractivity contribution is -0.127. The summed E-state index contributed by atoms with van der Waals surface area (Å²) in [5, 5.41) is 9.67. The molecular formula is C20H18N2O5S. The number of carbonyl (C=O) groups excluding carboxylic acids is 1. The SMILES string of the molecule is CN(C(=O)C1CN(Cc2ccccc2)C1)c1cc2oc(=O)c(C(=O)O)cc2s1. The van der Waals surface area contributed by atoms with Gasteiger partial charge in [-0.05, 0) is 11.6 Å². The van der Waals surface area contributed by atoms with E-state index >= 15 is 0 Å². The van der Waals surface area contributed by atoms with Gasteiger partial charge in [0.05, 0.1) is 10.6 Å². The van der Waals surface area contributed by atoms with Crippen LogP contribution in [0, 0.1) is 5.92 Å². The number of carbonyl (C=O) groups is 2. The molecule has 2 aromatic heterocycles. The van der Waals surface area contributed by atoms with Gasteiger partial charge < -0.3 is 14.4 Å². The minimum absolute atomic E-state index is 0.00308. The fraction of sp³-hybridized carbons (Fsp3) is 0.250. The number of rotatable bonds is 5. The molecule has 7 nitrogen and oxygen atoms in total. The standard InChI is InChI=1S/C20H18N2O5S/c1-21(17-8-15-16(28-17)7-14(19(24)25)20(26)27-15)18(23)13-10-22(11-13)9-12-5-3-2-4-6-12/h2-8,13H,9-11H2,1H3,(H,24,25). The minimum Gasteiger partial charge on any atom is -0.477 e. The highest BCUT2D eigenvalue weighted by molar-refractivity contribution is 7.22. The zero-order chi connectivity index (χ0) is 19.8. The van der Waals surface area contributed by atoms with E-state index in [1.807, 2.05) is 18.2 Å². The predicted molar refractivity (Wildman–Crippen MR) is 106 cm³/mol. The molecule has 28 heavy (non-hydrogen) atoms. The van der Waals surface area contributed by atoms with Crippen LogP contribution in [0.2, 0.25) is 0 Å². The second-order valence-electron chi connectivity index (χ2n) is 6.84. The average Bonchev–Trinajstić information content (AvgIpc) is 3.06. The van der Waals surface area contributed by atoms with Gasteiger partial charge in [-0.15, -0.1) is 11.3 Å². The summed E-state index contributed by atoms with van der Waals surface area (Å²) in [5.41, 5.74) is 0.198. The Balaban J connectivity index is 1.44. The molecule has 1 fully saturated rings. The van der Waals surface area contributed by atoms with Gasteiger partial charge in [-0.25, -0.2) is 9.59 Å². The Hall–Kier alpha value is -2.97. The first kappa shape index (κ1) is 18.4. The van der Waals surface area contributed by atoms with Gasteiger partial charge in [0.15, 0.2) is 5.58 Å². The van der Waals surface area contributed by atoms with Crippen LogP contribution in [-0.2, 0) is 11.3 Å². The number of amides is 1. The Labute approximate surface area is 164 Å². The molecule has 1 aliphatic rings. The van der Waals surface area contributed by atoms with Crippen LogP contribution in [0.3, 0.4) is 0 Å². The third-order valence-electron chi connectivity index (χ3n) is 4.86. The molecule has 3 heterocycles. The van der Waals surface area contributed by atoms with Crippen molar-refractivity contribution in [3.8, 4) is 0 Å². The van der Waals surface area contributed by atoms with E-state index in [9.17, 15) is 14.4 Å². The Morgan fingerprint density at radius 3 is 2.64 bits per heavy atom. The normalized spacial score (nSPS) is 14.8. The molecule has 144 valence electrons. The highest BCUT2D eigenvalue weighted by Crippen LogP contribution is 2.33. The molecule has 0 saturated carbocycles. The zero-order valence-electron chi connectivity index (χ0n) is 15.1. The lowest BCUT2D eigenvalue weighted by atomic mass is 9.97. The summed E-state index contributed by atoms with van der Waals surface area (Å²) in [5.74, 6) is -1.42. The highest BCUT2D eigenvalue weighted by Gasteiger charge is 2.35. The third kappa shape index (κ3) is 3.44. The van der Waals surface area contributed by atoms with Crippen LogP contribution in [0.4, 0.5) is 5.00 Å². The van der Waals surface area contributed by atoms with Crippen molar-refractivity contribution >= 4 is 38.5 Å². The predicted octanol–water partition coefficient (Wildman–Crippen LogP) is 2.65. The number of likely N-dealkylation sites (tertiary alicyclic amines) is 1. The summed E-state index contributed by atoms with van der Waals surface area (Å²) in [4.78, 5) is 39.3. The number of hydrogen-bond donors (Lipinski definition) is 1. The van der Waals surface area contributed by atoms with E-state index in [1.165, 1.54) is 23.0 Å². The molecule has 4 rings (SSSR count). The van der Waals surface area contributed by atoms with Crippen molar-refractivity contribution in [2.24, 2.45) is 5.92 Å². The van der Waals surface area contributed by atoms with Gasteiger partial charge in [-0.1, -0.05) is 30.3 Å². The molecule has 1 amide bonds. The van der Waals surface area contributed by atoms with Gasteiger partial charge in [0.2, 0.25) is 5.91 Å². The minimum atomic E-state index is -1.33. The van der Waals surface area contributed by atoms with Crippen molar-refractivity contribution in [2.75, 3.05) is 25.0 Å². The van der Waals surface area contributed by atoms with E-state index in [4.69, 9.17) is 9.52 Å².